The van der Waals surface area contributed by atoms with Crippen molar-refractivity contribution in [2.24, 2.45) is 0 Å². The Kier molecular flexibility index (Phi) is 7.33. The first-order valence-corrected chi connectivity index (χ1v) is 19.7. The molecule has 11 rings (SSSR count). The third-order valence-electron chi connectivity index (χ3n) is 11.5. The number of hydrogen-bond acceptors (Lipinski definition) is 2. The van der Waals surface area contributed by atoms with Crippen LogP contribution in [0.25, 0.3) is 53.2 Å². The van der Waals surface area contributed by atoms with Gasteiger partial charge in [0.05, 0.1) is 5.41 Å². The number of fused-ring (bicyclic) bond motifs is 9. The number of nitrogens with zero attached hydrogens (tertiary/aromatic N) is 1. The maximum absolute atomic E-state index is 2.48. The predicted octanol–water partition coefficient (Wildman–Crippen LogP) is 14.7. The van der Waals surface area contributed by atoms with Crippen LogP contribution in [0.15, 0.2) is 212 Å². The molecule has 1 aliphatic rings. The van der Waals surface area contributed by atoms with E-state index in [0.717, 1.165) is 17.1 Å². The van der Waals surface area contributed by atoms with Gasteiger partial charge in [0.25, 0.3) is 0 Å². The molecule has 0 unspecified atom stereocenters. The molecule has 0 saturated carbocycles. The Hall–Kier alpha value is -6.74. The Morgan fingerprint density at radius 2 is 0.964 bits per heavy atom. The molecular formula is C53H35NS. The largest absolute Gasteiger partial charge is 0.310 e. The van der Waals surface area contributed by atoms with E-state index in [9.17, 15) is 0 Å². The van der Waals surface area contributed by atoms with Crippen LogP contribution in [0.1, 0.15) is 22.3 Å². The minimum atomic E-state index is -0.546. The number of para-hydroxylation sites is 1. The summed E-state index contributed by atoms with van der Waals surface area (Å²) >= 11 is 1.92. The molecule has 0 atom stereocenters. The highest BCUT2D eigenvalue weighted by Crippen LogP contribution is 2.60. The highest BCUT2D eigenvalue weighted by Gasteiger charge is 2.47. The molecule has 0 saturated heterocycles. The maximum Gasteiger partial charge on any atom is 0.0714 e. The molecule has 0 aliphatic heterocycles. The van der Waals surface area contributed by atoms with Crippen LogP contribution in [0.3, 0.4) is 0 Å². The zero-order valence-corrected chi connectivity index (χ0v) is 30.9. The first-order chi connectivity index (χ1) is 27.3. The topological polar surface area (TPSA) is 3.24 Å². The van der Waals surface area contributed by atoms with Crippen molar-refractivity contribution in [2.45, 2.75) is 5.41 Å². The second-order valence-electron chi connectivity index (χ2n) is 14.4. The molecule has 1 aliphatic carbocycles. The van der Waals surface area contributed by atoms with Crippen molar-refractivity contribution in [3.05, 3.63) is 235 Å². The van der Waals surface area contributed by atoms with E-state index < -0.39 is 5.41 Å². The molecule has 0 radical (unpaired) electrons. The fraction of sp³-hybridized carbons (Fsp3) is 0.0189. The second kappa shape index (κ2) is 12.7. The first kappa shape index (κ1) is 31.8. The van der Waals surface area contributed by atoms with Gasteiger partial charge in [-0.15, -0.1) is 11.3 Å². The van der Waals surface area contributed by atoms with E-state index in [2.05, 4.69) is 217 Å². The Bertz CT molecular complexity index is 2960. The number of benzene rings is 9. The molecule has 2 heteroatoms. The zero-order valence-electron chi connectivity index (χ0n) is 30.1. The summed E-state index contributed by atoms with van der Waals surface area (Å²) < 4.78 is 2.68. The third kappa shape index (κ3) is 4.85. The van der Waals surface area contributed by atoms with Crippen LogP contribution in [-0.4, -0.2) is 0 Å². The van der Waals surface area contributed by atoms with Gasteiger partial charge in [0, 0.05) is 42.6 Å². The normalized spacial score (nSPS) is 12.9. The van der Waals surface area contributed by atoms with Crippen LogP contribution in [0.4, 0.5) is 17.1 Å². The lowest BCUT2D eigenvalue weighted by Crippen LogP contribution is -2.28. The SMILES string of the molecule is c1ccc(-c2ccc(N(c3ccccc3)c3ccc4c(c3)C(c3ccccc3)(c3ccccc3)c3ccc5ccc6c7ccccc7sc6c5c3-4)cc2)cc1. The summed E-state index contributed by atoms with van der Waals surface area (Å²) in [5, 5.41) is 5.26. The Labute approximate surface area is 325 Å². The minimum absolute atomic E-state index is 0.546. The van der Waals surface area contributed by atoms with Gasteiger partial charge in [-0.1, -0.05) is 170 Å². The Morgan fingerprint density at radius 3 is 1.67 bits per heavy atom. The van der Waals surface area contributed by atoms with Crippen LogP contribution >= 0.6 is 11.3 Å². The van der Waals surface area contributed by atoms with E-state index >= 15 is 0 Å². The average molecular weight is 718 g/mol. The lowest BCUT2D eigenvalue weighted by atomic mass is 9.67. The summed E-state index contributed by atoms with van der Waals surface area (Å²) in [4.78, 5) is 2.40. The van der Waals surface area contributed by atoms with E-state index in [1.807, 2.05) is 11.3 Å². The fourth-order valence-corrected chi connectivity index (χ4v) is 10.4. The molecule has 258 valence electrons. The van der Waals surface area contributed by atoms with Crippen molar-refractivity contribution in [1.82, 2.24) is 0 Å². The lowest BCUT2D eigenvalue weighted by Gasteiger charge is -2.35. The van der Waals surface area contributed by atoms with Crippen molar-refractivity contribution in [1.29, 1.82) is 0 Å². The van der Waals surface area contributed by atoms with Crippen molar-refractivity contribution >= 4 is 59.3 Å². The molecule has 1 nitrogen and oxygen atoms in total. The van der Waals surface area contributed by atoms with Gasteiger partial charge < -0.3 is 4.90 Å². The molecule has 9 aromatic carbocycles. The van der Waals surface area contributed by atoms with Gasteiger partial charge in [-0.2, -0.15) is 0 Å². The van der Waals surface area contributed by atoms with E-state index in [4.69, 9.17) is 0 Å². The van der Waals surface area contributed by atoms with E-state index in [-0.39, 0.29) is 0 Å². The van der Waals surface area contributed by atoms with Crippen LogP contribution < -0.4 is 4.90 Å². The summed E-state index contributed by atoms with van der Waals surface area (Å²) in [5.41, 5.74) is 13.0. The molecule has 0 fully saturated rings. The lowest BCUT2D eigenvalue weighted by molar-refractivity contribution is 0.769. The molecule has 0 spiro atoms. The highest BCUT2D eigenvalue weighted by molar-refractivity contribution is 7.26. The number of thiophene rings is 1. The van der Waals surface area contributed by atoms with Crippen LogP contribution in [0, 0.1) is 0 Å². The van der Waals surface area contributed by atoms with Gasteiger partial charge in [0.15, 0.2) is 0 Å². The van der Waals surface area contributed by atoms with E-state index in [1.165, 1.54) is 75.5 Å². The first-order valence-electron chi connectivity index (χ1n) is 18.9. The molecular weight excluding hydrogens is 683 g/mol. The maximum atomic E-state index is 2.48. The van der Waals surface area contributed by atoms with E-state index in [0.29, 0.717) is 0 Å². The number of rotatable bonds is 6. The number of anilines is 3. The monoisotopic (exact) mass is 717 g/mol. The van der Waals surface area contributed by atoms with Gasteiger partial charge in [0.1, 0.15) is 0 Å². The van der Waals surface area contributed by atoms with Crippen molar-refractivity contribution < 1.29 is 0 Å². The number of hydrogen-bond donors (Lipinski definition) is 0. The van der Waals surface area contributed by atoms with Crippen LogP contribution in [-0.2, 0) is 5.41 Å². The highest BCUT2D eigenvalue weighted by atomic mass is 32.1. The summed E-state index contributed by atoms with van der Waals surface area (Å²) in [6.07, 6.45) is 0. The minimum Gasteiger partial charge on any atom is -0.310 e. The smallest absolute Gasteiger partial charge is 0.0714 e. The van der Waals surface area contributed by atoms with E-state index in [1.54, 1.807) is 0 Å². The van der Waals surface area contributed by atoms with Crippen LogP contribution in [0.2, 0.25) is 0 Å². The van der Waals surface area contributed by atoms with Gasteiger partial charge in [-0.05, 0) is 92.4 Å². The van der Waals surface area contributed by atoms with Crippen molar-refractivity contribution in [2.75, 3.05) is 4.90 Å². The van der Waals surface area contributed by atoms with Gasteiger partial charge in [-0.3, -0.25) is 0 Å². The van der Waals surface area contributed by atoms with Gasteiger partial charge in [-0.25, -0.2) is 0 Å². The third-order valence-corrected chi connectivity index (χ3v) is 12.7. The molecule has 1 aromatic heterocycles. The second-order valence-corrected chi connectivity index (χ2v) is 15.5. The van der Waals surface area contributed by atoms with Crippen LogP contribution in [0.5, 0.6) is 0 Å². The quantitative estimate of drug-likeness (QED) is 0.166. The molecule has 10 aromatic rings. The van der Waals surface area contributed by atoms with Crippen molar-refractivity contribution in [3.8, 4) is 22.3 Å². The van der Waals surface area contributed by atoms with Crippen molar-refractivity contribution in [3.63, 3.8) is 0 Å². The Morgan fingerprint density at radius 1 is 0.400 bits per heavy atom. The summed E-state index contributed by atoms with van der Waals surface area (Å²) in [6, 6.07) is 78.2. The summed E-state index contributed by atoms with van der Waals surface area (Å²) in [7, 11) is 0. The molecule has 0 bridgehead atoms. The zero-order chi connectivity index (χ0) is 36.3. The average Bonchev–Trinajstić information content (AvgIpc) is 3.79. The molecule has 1 heterocycles. The van der Waals surface area contributed by atoms with Gasteiger partial charge >= 0.3 is 0 Å². The fourth-order valence-electron chi connectivity index (χ4n) is 9.15. The molecule has 0 N–H and O–H groups in total. The standard InChI is InChI=1S/C53H35NS/c1-5-15-36(16-6-1)37-25-29-42(30-26-37)54(41-21-11-4-12-22-41)43-31-33-46-48(35-43)53(39-17-7-2-8-18-39,40-19-9-3-10-20-40)47-34-28-38-27-32-45-44-23-13-14-24-49(44)55-52(45)50(38)51(46)47/h1-35H. The molecule has 55 heavy (non-hydrogen) atoms. The summed E-state index contributed by atoms with van der Waals surface area (Å²) in [5.74, 6) is 0. The molecule has 0 amide bonds. The summed E-state index contributed by atoms with van der Waals surface area (Å²) in [6.45, 7) is 0. The predicted molar refractivity (Wildman–Crippen MR) is 234 cm³/mol. The van der Waals surface area contributed by atoms with Gasteiger partial charge in [0.2, 0.25) is 0 Å². The Balaban J connectivity index is 1.22.